The van der Waals surface area contributed by atoms with Crippen LogP contribution < -0.4 is 22.5 Å². The molecule has 0 aromatic heterocycles. The molecule has 44 heavy (non-hydrogen) atoms. The molecule has 0 bridgehead atoms. The zero-order valence-corrected chi connectivity index (χ0v) is 24.9. The lowest BCUT2D eigenvalue weighted by molar-refractivity contribution is 0.472. The fourth-order valence-electron chi connectivity index (χ4n) is 4.53. The Labute approximate surface area is 253 Å². The molecule has 0 fully saturated rings. The predicted molar refractivity (Wildman–Crippen MR) is 174 cm³/mol. The van der Waals surface area contributed by atoms with Crippen molar-refractivity contribution < 1.29 is 18.1 Å². The van der Waals surface area contributed by atoms with Crippen LogP contribution in [0, 0.1) is 20.8 Å². The van der Waals surface area contributed by atoms with Gasteiger partial charge in [-0.1, -0.05) is 6.07 Å². The Balaban J connectivity index is 1.37. The van der Waals surface area contributed by atoms with Gasteiger partial charge in [0.05, 0.1) is 17.1 Å². The van der Waals surface area contributed by atoms with Crippen LogP contribution in [0.15, 0.2) is 98.1 Å². The third-order valence-corrected chi connectivity index (χ3v) is 7.84. The van der Waals surface area contributed by atoms with E-state index in [0.717, 1.165) is 28.1 Å². The number of hydrogen-bond donors (Lipinski definition) is 6. The Bertz CT molecular complexity index is 2110. The van der Waals surface area contributed by atoms with E-state index in [9.17, 15) is 18.1 Å². The van der Waals surface area contributed by atoms with Gasteiger partial charge in [-0.25, -0.2) is 0 Å². The SMILES string of the molecule is Cc1cc(N=Nc2ccc(Nc3ccc(N=Nc4c(S(=O)(=O)O)cc5ccc(N)cc5c4O)c(C)c3)cc2C)c(N)cc1N. The summed E-state index contributed by atoms with van der Waals surface area (Å²) in [6.07, 6.45) is 0. The lowest BCUT2D eigenvalue weighted by Crippen LogP contribution is -1.99. The van der Waals surface area contributed by atoms with Crippen LogP contribution in [0.5, 0.6) is 5.75 Å². The Morgan fingerprint density at radius 2 is 1.25 bits per heavy atom. The minimum absolute atomic E-state index is 0.273. The zero-order valence-electron chi connectivity index (χ0n) is 24.1. The highest BCUT2D eigenvalue weighted by atomic mass is 32.2. The third-order valence-electron chi connectivity index (χ3n) is 6.98. The van der Waals surface area contributed by atoms with Gasteiger partial charge in [-0.15, -0.1) is 10.2 Å². The van der Waals surface area contributed by atoms with Crippen molar-refractivity contribution in [2.24, 2.45) is 20.5 Å². The second kappa shape index (κ2) is 11.6. The van der Waals surface area contributed by atoms with Gasteiger partial charge < -0.3 is 27.6 Å². The van der Waals surface area contributed by atoms with Crippen molar-refractivity contribution in [3.05, 3.63) is 89.5 Å². The van der Waals surface area contributed by atoms with Crippen LogP contribution >= 0.6 is 0 Å². The highest BCUT2D eigenvalue weighted by Crippen LogP contribution is 2.42. The van der Waals surface area contributed by atoms with Crippen LogP contribution in [-0.4, -0.2) is 18.1 Å². The fraction of sp³-hybridized carbons (Fsp3) is 0.0968. The van der Waals surface area contributed by atoms with Crippen molar-refractivity contribution in [2.75, 3.05) is 22.5 Å². The van der Waals surface area contributed by atoms with Crippen molar-refractivity contribution in [3.8, 4) is 5.75 Å². The fourth-order valence-corrected chi connectivity index (χ4v) is 5.19. The molecule has 0 aliphatic heterocycles. The summed E-state index contributed by atoms with van der Waals surface area (Å²) in [5, 5.41) is 31.6. The number of phenolic OH excluding ortho intramolecular Hbond substituents is 1. The minimum Gasteiger partial charge on any atom is -0.505 e. The molecule has 0 heterocycles. The first kappa shape index (κ1) is 29.9. The molecule has 0 unspecified atom stereocenters. The van der Waals surface area contributed by atoms with E-state index in [-0.39, 0.29) is 5.39 Å². The number of fused-ring (bicyclic) bond motifs is 1. The molecule has 5 aromatic rings. The summed E-state index contributed by atoms with van der Waals surface area (Å²) in [5.41, 5.74) is 24.5. The number of aromatic hydroxyl groups is 1. The van der Waals surface area contributed by atoms with Crippen LogP contribution in [0.3, 0.4) is 0 Å². The molecular weight excluding hydrogens is 580 g/mol. The molecule has 224 valence electrons. The monoisotopic (exact) mass is 610 g/mol. The van der Waals surface area contributed by atoms with Gasteiger partial charge in [0.2, 0.25) is 0 Å². The van der Waals surface area contributed by atoms with Gasteiger partial charge in [0.15, 0.2) is 5.75 Å². The van der Waals surface area contributed by atoms with E-state index in [1.54, 1.807) is 30.3 Å². The first-order valence-electron chi connectivity index (χ1n) is 13.3. The van der Waals surface area contributed by atoms with Gasteiger partial charge in [-0.3, -0.25) is 4.55 Å². The average molecular weight is 611 g/mol. The summed E-state index contributed by atoms with van der Waals surface area (Å²) >= 11 is 0. The van der Waals surface area contributed by atoms with Gasteiger partial charge in [0.25, 0.3) is 10.1 Å². The first-order chi connectivity index (χ1) is 20.8. The van der Waals surface area contributed by atoms with Crippen molar-refractivity contribution >= 4 is 72.1 Å². The van der Waals surface area contributed by atoms with E-state index < -0.39 is 26.5 Å². The number of anilines is 5. The summed E-state index contributed by atoms with van der Waals surface area (Å²) in [6.45, 7) is 5.61. The maximum absolute atomic E-state index is 12.1. The smallest absolute Gasteiger partial charge is 0.296 e. The molecule has 5 aromatic carbocycles. The largest absolute Gasteiger partial charge is 0.505 e. The number of nitrogens with two attached hydrogens (primary N) is 3. The highest BCUT2D eigenvalue weighted by molar-refractivity contribution is 7.86. The molecule has 0 aliphatic carbocycles. The number of azo groups is 2. The Kier molecular flexibility index (Phi) is 7.91. The first-order valence-corrected chi connectivity index (χ1v) is 14.7. The molecule has 0 saturated carbocycles. The summed E-state index contributed by atoms with van der Waals surface area (Å²) in [4.78, 5) is -0.572. The maximum atomic E-state index is 12.1. The zero-order chi connectivity index (χ0) is 31.8. The molecule has 0 amide bonds. The van der Waals surface area contributed by atoms with Crippen LogP contribution in [0.25, 0.3) is 10.8 Å². The van der Waals surface area contributed by atoms with Crippen molar-refractivity contribution in [3.63, 3.8) is 0 Å². The number of nitrogens with one attached hydrogen (secondary N) is 1. The second-order valence-electron chi connectivity index (χ2n) is 10.3. The molecular formula is C31H30N8O4S. The van der Waals surface area contributed by atoms with Gasteiger partial charge >= 0.3 is 0 Å². The van der Waals surface area contributed by atoms with Gasteiger partial charge in [0.1, 0.15) is 16.3 Å². The van der Waals surface area contributed by atoms with Crippen LogP contribution in [0.1, 0.15) is 16.7 Å². The number of phenols is 1. The quantitative estimate of drug-likeness (QED) is 0.0600. The number of hydrogen-bond acceptors (Lipinski definition) is 11. The number of benzene rings is 5. The van der Waals surface area contributed by atoms with E-state index in [4.69, 9.17) is 17.2 Å². The van der Waals surface area contributed by atoms with Crippen LogP contribution in [-0.2, 0) is 10.1 Å². The number of nitrogens with zero attached hydrogens (tertiary/aromatic N) is 4. The van der Waals surface area contributed by atoms with E-state index in [1.165, 1.54) is 18.2 Å². The predicted octanol–water partition coefficient (Wildman–Crippen LogP) is 8.04. The number of rotatable bonds is 7. The molecule has 0 atom stereocenters. The van der Waals surface area contributed by atoms with E-state index in [1.807, 2.05) is 45.0 Å². The van der Waals surface area contributed by atoms with E-state index in [0.29, 0.717) is 39.5 Å². The molecule has 13 heteroatoms. The lowest BCUT2D eigenvalue weighted by atomic mass is 10.1. The molecule has 0 spiro atoms. The van der Waals surface area contributed by atoms with E-state index in [2.05, 4.69) is 25.8 Å². The number of nitrogen functional groups attached to an aromatic ring is 3. The second-order valence-corrected chi connectivity index (χ2v) is 11.7. The van der Waals surface area contributed by atoms with Gasteiger partial charge in [-0.2, -0.15) is 18.6 Å². The standard InChI is InChI=1S/C31H30N8O4S/c1-16-12-28(25(34)15-24(16)33)38-36-26-8-6-21(10-17(26)2)35-22-7-9-27(18(3)11-22)37-39-30-29(44(41,42)43)13-19-4-5-20(32)14-23(19)31(30)40/h4-15,35,40H,32-34H2,1-3H3,(H,41,42,43). The van der Waals surface area contributed by atoms with Crippen molar-refractivity contribution in [2.45, 2.75) is 25.7 Å². The molecule has 0 aliphatic rings. The summed E-state index contributed by atoms with van der Waals surface area (Å²) in [6, 6.07) is 20.2. The lowest BCUT2D eigenvalue weighted by Gasteiger charge is -2.11. The third kappa shape index (κ3) is 6.28. The van der Waals surface area contributed by atoms with Crippen LogP contribution in [0.2, 0.25) is 0 Å². The van der Waals surface area contributed by atoms with Gasteiger partial charge in [-0.05, 0) is 110 Å². The average Bonchev–Trinajstić information content (AvgIpc) is 2.95. The summed E-state index contributed by atoms with van der Waals surface area (Å²) in [7, 11) is -4.72. The number of aryl methyl sites for hydroxylation is 3. The Morgan fingerprint density at radius 1 is 0.659 bits per heavy atom. The Morgan fingerprint density at radius 3 is 1.84 bits per heavy atom. The molecule has 0 radical (unpaired) electrons. The molecule has 9 N–H and O–H groups in total. The van der Waals surface area contributed by atoms with Gasteiger partial charge in [0, 0.05) is 28.1 Å². The molecule has 0 saturated heterocycles. The van der Waals surface area contributed by atoms with Crippen LogP contribution in [0.4, 0.5) is 51.2 Å². The highest BCUT2D eigenvalue weighted by Gasteiger charge is 2.22. The summed E-state index contributed by atoms with van der Waals surface area (Å²) in [5.74, 6) is -0.465. The van der Waals surface area contributed by atoms with Crippen molar-refractivity contribution in [1.82, 2.24) is 0 Å². The summed E-state index contributed by atoms with van der Waals surface area (Å²) < 4.78 is 34.0. The molecule has 12 nitrogen and oxygen atoms in total. The topological polar surface area (TPSA) is 214 Å². The normalized spacial score (nSPS) is 12.0. The Hall–Kier alpha value is -5.53. The maximum Gasteiger partial charge on any atom is 0.296 e. The van der Waals surface area contributed by atoms with Crippen molar-refractivity contribution in [1.29, 1.82) is 0 Å². The van der Waals surface area contributed by atoms with E-state index >= 15 is 0 Å². The minimum atomic E-state index is -4.72. The molecule has 5 rings (SSSR count).